The highest BCUT2D eigenvalue weighted by atomic mass is 14.7. The van der Waals surface area contributed by atoms with Crippen LogP contribution in [0, 0.1) is 13.8 Å². The molecule has 1 heteroatoms. The van der Waals surface area contributed by atoms with Crippen molar-refractivity contribution in [2.45, 2.75) is 66.2 Å². The average molecular weight is 336 g/mol. The Labute approximate surface area is 153 Å². The van der Waals surface area contributed by atoms with Gasteiger partial charge < -0.3 is 4.98 Å². The van der Waals surface area contributed by atoms with Gasteiger partial charge in [0.15, 0.2) is 0 Å². The molecule has 1 heterocycles. The lowest BCUT2D eigenvalue weighted by atomic mass is 9.85. The van der Waals surface area contributed by atoms with Crippen LogP contribution >= 0.6 is 0 Å². The van der Waals surface area contributed by atoms with E-state index in [4.69, 9.17) is 0 Å². The van der Waals surface area contributed by atoms with Crippen LogP contribution in [0.1, 0.15) is 63.9 Å². The van der Waals surface area contributed by atoms with Crippen LogP contribution in [0.2, 0.25) is 0 Å². The Morgan fingerprint density at radius 2 is 1.32 bits per heavy atom. The molecule has 0 aliphatic heterocycles. The van der Waals surface area contributed by atoms with Crippen molar-refractivity contribution in [1.29, 1.82) is 0 Å². The van der Waals surface area contributed by atoms with Crippen molar-refractivity contribution in [1.82, 2.24) is 4.98 Å². The monoisotopic (exact) mass is 335 g/mol. The van der Waals surface area contributed by atoms with Crippen LogP contribution < -0.4 is 0 Å². The molecule has 0 bridgehead atoms. The van der Waals surface area contributed by atoms with Crippen LogP contribution in [-0.2, 0) is 10.8 Å². The minimum atomic E-state index is 0.207. The first-order valence-electron chi connectivity index (χ1n) is 9.14. The van der Waals surface area contributed by atoms with Gasteiger partial charge in [-0.1, -0.05) is 77.9 Å². The summed E-state index contributed by atoms with van der Waals surface area (Å²) in [6.07, 6.45) is 0. The molecule has 0 atom stereocenters. The number of para-hydroxylation sites is 1. The maximum Gasteiger partial charge on any atom is 0.0456 e. The fourth-order valence-electron chi connectivity index (χ4n) is 2.69. The summed E-state index contributed by atoms with van der Waals surface area (Å²) in [5.41, 5.74) is 7.20. The summed E-state index contributed by atoms with van der Waals surface area (Å²) in [6.45, 7) is 17.7. The standard InChI is InChI=1S/C12H15N.C12H18/c1-12(2,3)11-8-9-6-4-5-7-10(9)13-11;1-9-6-7-11(8-10(9)2)12(3,4)5/h4-8,13H,1-3H3;6-8H,1-5H3. The molecule has 1 nitrogen and oxygen atoms in total. The molecule has 0 aliphatic carbocycles. The summed E-state index contributed by atoms with van der Waals surface area (Å²) in [5, 5.41) is 1.30. The first kappa shape index (κ1) is 19.3. The predicted octanol–water partition coefficient (Wildman–Crippen LogP) is 7.07. The van der Waals surface area contributed by atoms with E-state index in [0.717, 1.165) is 0 Å². The number of aromatic nitrogens is 1. The van der Waals surface area contributed by atoms with E-state index < -0.39 is 0 Å². The quantitative estimate of drug-likeness (QED) is 0.452. The van der Waals surface area contributed by atoms with Crippen LogP contribution in [0.15, 0.2) is 48.5 Å². The Morgan fingerprint density at radius 3 is 1.84 bits per heavy atom. The molecule has 0 unspecified atom stereocenters. The van der Waals surface area contributed by atoms with E-state index in [-0.39, 0.29) is 10.8 Å². The Hall–Kier alpha value is -2.02. The van der Waals surface area contributed by atoms with E-state index in [1.807, 2.05) is 0 Å². The van der Waals surface area contributed by atoms with E-state index in [1.165, 1.54) is 33.3 Å². The van der Waals surface area contributed by atoms with Gasteiger partial charge in [0.2, 0.25) is 0 Å². The molecule has 3 rings (SSSR count). The fraction of sp³-hybridized carbons (Fsp3) is 0.417. The van der Waals surface area contributed by atoms with E-state index in [0.29, 0.717) is 0 Å². The van der Waals surface area contributed by atoms with Crippen LogP contribution in [0.5, 0.6) is 0 Å². The van der Waals surface area contributed by atoms with Crippen LogP contribution in [-0.4, -0.2) is 4.98 Å². The zero-order chi connectivity index (χ0) is 18.8. The molecule has 0 radical (unpaired) electrons. The zero-order valence-electron chi connectivity index (χ0n) is 17.1. The second-order valence-electron chi connectivity index (χ2n) is 9.07. The first-order chi connectivity index (χ1) is 11.5. The molecule has 1 N–H and O–H groups in total. The zero-order valence-corrected chi connectivity index (χ0v) is 17.1. The van der Waals surface area contributed by atoms with Gasteiger partial charge in [-0.05, 0) is 53.5 Å². The van der Waals surface area contributed by atoms with Gasteiger partial charge in [0.05, 0.1) is 0 Å². The Kier molecular flexibility index (Phi) is 5.46. The molecular formula is C24H33N. The maximum atomic E-state index is 3.44. The Morgan fingerprint density at radius 1 is 0.680 bits per heavy atom. The number of nitrogens with one attached hydrogen (secondary N) is 1. The van der Waals surface area contributed by atoms with Crippen molar-refractivity contribution in [3.63, 3.8) is 0 Å². The summed E-state index contributed by atoms with van der Waals surface area (Å²) in [7, 11) is 0. The van der Waals surface area contributed by atoms with E-state index in [9.17, 15) is 0 Å². The lowest BCUT2D eigenvalue weighted by Crippen LogP contribution is -2.11. The van der Waals surface area contributed by atoms with Gasteiger partial charge >= 0.3 is 0 Å². The molecule has 0 spiro atoms. The largest absolute Gasteiger partial charge is 0.358 e. The van der Waals surface area contributed by atoms with E-state index >= 15 is 0 Å². The van der Waals surface area contributed by atoms with Gasteiger partial charge in [0.25, 0.3) is 0 Å². The molecule has 0 fully saturated rings. The Bertz CT molecular complexity index is 805. The number of H-pyrrole nitrogens is 1. The molecule has 0 amide bonds. The number of hydrogen-bond acceptors (Lipinski definition) is 0. The highest BCUT2D eigenvalue weighted by Gasteiger charge is 2.15. The average Bonchev–Trinajstić information content (AvgIpc) is 2.94. The second-order valence-corrected chi connectivity index (χ2v) is 9.07. The molecule has 0 saturated carbocycles. The molecule has 134 valence electrons. The fourth-order valence-corrected chi connectivity index (χ4v) is 2.69. The van der Waals surface area contributed by atoms with Crippen molar-refractivity contribution in [2.24, 2.45) is 0 Å². The minimum Gasteiger partial charge on any atom is -0.358 e. The number of fused-ring (bicyclic) bond motifs is 1. The number of hydrogen-bond donors (Lipinski definition) is 1. The van der Waals surface area contributed by atoms with E-state index in [2.05, 4.69) is 109 Å². The van der Waals surface area contributed by atoms with Crippen molar-refractivity contribution in [3.05, 3.63) is 70.9 Å². The summed E-state index contributed by atoms with van der Waals surface area (Å²) in [5.74, 6) is 0. The second kappa shape index (κ2) is 7.07. The van der Waals surface area contributed by atoms with Gasteiger partial charge in [0, 0.05) is 16.6 Å². The molecular weight excluding hydrogens is 302 g/mol. The topological polar surface area (TPSA) is 15.8 Å². The molecule has 0 aliphatic rings. The molecule has 3 aromatic rings. The first-order valence-corrected chi connectivity index (χ1v) is 9.14. The van der Waals surface area contributed by atoms with Crippen LogP contribution in [0.4, 0.5) is 0 Å². The van der Waals surface area contributed by atoms with E-state index in [1.54, 1.807) is 0 Å². The number of benzene rings is 2. The van der Waals surface area contributed by atoms with Crippen molar-refractivity contribution >= 4 is 10.9 Å². The van der Waals surface area contributed by atoms with Crippen LogP contribution in [0.25, 0.3) is 10.9 Å². The van der Waals surface area contributed by atoms with Gasteiger partial charge in [-0.15, -0.1) is 0 Å². The molecule has 2 aromatic carbocycles. The van der Waals surface area contributed by atoms with Gasteiger partial charge in [0.1, 0.15) is 0 Å². The summed E-state index contributed by atoms with van der Waals surface area (Å²) in [6, 6.07) is 17.3. The lowest BCUT2D eigenvalue weighted by molar-refractivity contribution is 0.574. The van der Waals surface area contributed by atoms with Crippen molar-refractivity contribution < 1.29 is 0 Å². The summed E-state index contributed by atoms with van der Waals surface area (Å²) < 4.78 is 0. The van der Waals surface area contributed by atoms with Crippen molar-refractivity contribution in [3.8, 4) is 0 Å². The molecule has 1 aromatic heterocycles. The smallest absolute Gasteiger partial charge is 0.0456 e. The summed E-state index contributed by atoms with van der Waals surface area (Å²) >= 11 is 0. The number of aryl methyl sites for hydroxylation is 2. The van der Waals surface area contributed by atoms with Crippen LogP contribution in [0.3, 0.4) is 0 Å². The number of aromatic amines is 1. The third-order valence-corrected chi connectivity index (χ3v) is 4.71. The highest BCUT2D eigenvalue weighted by molar-refractivity contribution is 5.80. The van der Waals surface area contributed by atoms with Gasteiger partial charge in [-0.25, -0.2) is 0 Å². The number of rotatable bonds is 0. The minimum absolute atomic E-state index is 0.207. The third-order valence-electron chi connectivity index (χ3n) is 4.71. The van der Waals surface area contributed by atoms with Gasteiger partial charge in [-0.2, -0.15) is 0 Å². The third kappa shape index (κ3) is 4.98. The Balaban J connectivity index is 0.000000181. The highest BCUT2D eigenvalue weighted by Crippen LogP contribution is 2.25. The SMILES string of the molecule is CC(C)(C)c1cc2ccccc2[nH]1.Cc1ccc(C(C)(C)C)cc1C. The molecule has 0 saturated heterocycles. The van der Waals surface area contributed by atoms with Gasteiger partial charge in [-0.3, -0.25) is 0 Å². The normalized spacial score (nSPS) is 12.0. The molecule has 25 heavy (non-hydrogen) atoms. The predicted molar refractivity (Wildman–Crippen MR) is 112 cm³/mol. The summed E-state index contributed by atoms with van der Waals surface area (Å²) in [4.78, 5) is 3.44. The lowest BCUT2D eigenvalue weighted by Gasteiger charge is -2.19. The van der Waals surface area contributed by atoms with Crippen molar-refractivity contribution in [2.75, 3.05) is 0 Å². The maximum absolute atomic E-state index is 3.44.